The Morgan fingerprint density at radius 3 is 2.20 bits per heavy atom. The minimum absolute atomic E-state index is 0.452. The van der Waals surface area contributed by atoms with Crippen LogP contribution in [0.15, 0.2) is 90.8 Å². The maximum Gasteiger partial charge on any atom is 0.416 e. The molecular weight excluding hydrogens is 541 g/mol. The number of anilines is 1. The summed E-state index contributed by atoms with van der Waals surface area (Å²) in [6.07, 6.45) is 2.75. The van der Waals surface area contributed by atoms with Gasteiger partial charge in [-0.1, -0.05) is 55.1 Å². The van der Waals surface area contributed by atoms with E-state index >= 15 is 0 Å². The number of aryl methyl sites for hydroxylation is 1. The second kappa shape index (κ2) is 14.0. The number of benzene rings is 3. The second-order valence-electron chi connectivity index (χ2n) is 10.0. The van der Waals surface area contributed by atoms with Crippen molar-refractivity contribution in [3.05, 3.63) is 113 Å². The second-order valence-corrected chi connectivity index (χ2v) is 10.9. The zero-order valence-electron chi connectivity index (χ0n) is 23.8. The average Bonchev–Trinajstić information content (AvgIpc) is 3.42. The van der Waals surface area contributed by atoms with Crippen LogP contribution in [0.1, 0.15) is 43.0 Å². The number of aromatic nitrogens is 1. The van der Waals surface area contributed by atoms with Crippen molar-refractivity contribution in [2.75, 3.05) is 11.4 Å². The van der Waals surface area contributed by atoms with Gasteiger partial charge in [-0.2, -0.15) is 13.2 Å². The molecule has 4 aromatic rings. The van der Waals surface area contributed by atoms with Crippen molar-refractivity contribution < 1.29 is 17.9 Å². The van der Waals surface area contributed by atoms with Gasteiger partial charge >= 0.3 is 6.18 Å². The van der Waals surface area contributed by atoms with Gasteiger partial charge in [0.2, 0.25) is 0 Å². The number of hydrogen-bond donors (Lipinski definition) is 0. The fraction of sp³-hybridized carbons (Fsp3) is 0.265. The maximum absolute atomic E-state index is 13.1. The molecule has 0 saturated carbocycles. The fourth-order valence-electron chi connectivity index (χ4n) is 3.99. The Labute approximate surface area is 245 Å². The summed E-state index contributed by atoms with van der Waals surface area (Å²) in [7, 11) is 0. The van der Waals surface area contributed by atoms with Crippen LogP contribution >= 0.6 is 11.3 Å². The number of nitrogens with zero attached hydrogens (tertiary/aromatic N) is 2. The predicted octanol–water partition coefficient (Wildman–Crippen LogP) is 9.37. The topological polar surface area (TPSA) is 25.4 Å². The lowest BCUT2D eigenvalue weighted by atomic mass is 10.1. The molecular formula is C34H35F3N2OS. The summed E-state index contributed by atoms with van der Waals surface area (Å²) in [5.74, 6) is 3.02. The van der Waals surface area contributed by atoms with Crippen LogP contribution in [-0.4, -0.2) is 17.1 Å². The fourth-order valence-corrected chi connectivity index (χ4v) is 4.84. The highest BCUT2D eigenvalue weighted by atomic mass is 32.1. The molecule has 3 nitrogen and oxygen atoms in total. The zero-order valence-corrected chi connectivity index (χ0v) is 24.6. The minimum atomic E-state index is -4.35. The number of ether oxygens (including phenoxy) is 1. The van der Waals surface area contributed by atoms with Crippen molar-refractivity contribution in [3.63, 3.8) is 0 Å². The first-order valence-corrected chi connectivity index (χ1v) is 14.0. The number of halogens is 3. The molecule has 0 saturated heterocycles. The van der Waals surface area contributed by atoms with Crippen LogP contribution in [-0.2, 0) is 19.1 Å². The minimum Gasteiger partial charge on any atom is -0.484 e. The molecule has 214 valence electrons. The van der Waals surface area contributed by atoms with Gasteiger partial charge in [-0.15, -0.1) is 23.7 Å². The highest BCUT2D eigenvalue weighted by Crippen LogP contribution is 2.32. The van der Waals surface area contributed by atoms with E-state index in [1.54, 1.807) is 25.1 Å². The first kappa shape index (κ1) is 31.5. The molecule has 7 heteroatoms. The molecule has 0 aliphatic carbocycles. The zero-order chi connectivity index (χ0) is 30.0. The molecule has 0 atom stereocenters. The molecule has 41 heavy (non-hydrogen) atoms. The summed E-state index contributed by atoms with van der Waals surface area (Å²) in [4.78, 5) is 7.03. The van der Waals surface area contributed by atoms with Crippen LogP contribution in [0.25, 0.3) is 11.3 Å². The molecule has 0 aliphatic heterocycles. The summed E-state index contributed by atoms with van der Waals surface area (Å²) < 4.78 is 45.1. The van der Waals surface area contributed by atoms with E-state index < -0.39 is 17.3 Å². The Morgan fingerprint density at radius 1 is 1.00 bits per heavy atom. The summed E-state index contributed by atoms with van der Waals surface area (Å²) in [5, 5.41) is 2.86. The van der Waals surface area contributed by atoms with Gasteiger partial charge in [0.25, 0.3) is 0 Å². The van der Waals surface area contributed by atoms with E-state index in [9.17, 15) is 13.2 Å². The van der Waals surface area contributed by atoms with Crippen molar-refractivity contribution in [1.82, 2.24) is 4.98 Å². The number of hydrogen-bond acceptors (Lipinski definition) is 4. The van der Waals surface area contributed by atoms with Crippen LogP contribution in [0.4, 0.5) is 18.3 Å². The Hall–Kier alpha value is -4.02. The Balaban J connectivity index is 0.00000147. The number of alkyl halides is 3. The molecule has 3 aromatic carbocycles. The molecule has 1 aromatic heterocycles. The molecule has 0 N–H and O–H groups in total. The van der Waals surface area contributed by atoms with E-state index in [1.807, 2.05) is 61.7 Å². The van der Waals surface area contributed by atoms with Crippen molar-refractivity contribution in [2.24, 2.45) is 0 Å². The van der Waals surface area contributed by atoms with Crippen molar-refractivity contribution in [3.8, 4) is 29.4 Å². The summed E-state index contributed by atoms with van der Waals surface area (Å²) in [5.41, 5.74) is 3.92. The summed E-state index contributed by atoms with van der Waals surface area (Å²) >= 11 is 1.54. The molecule has 0 amide bonds. The van der Waals surface area contributed by atoms with Crippen LogP contribution in [0.2, 0.25) is 0 Å². The molecule has 4 rings (SSSR count). The first-order valence-electron chi connectivity index (χ1n) is 13.2. The molecule has 0 radical (unpaired) electrons. The van der Waals surface area contributed by atoms with E-state index in [-0.39, 0.29) is 0 Å². The average molecular weight is 577 g/mol. The lowest BCUT2D eigenvalue weighted by Crippen LogP contribution is -2.25. The smallest absolute Gasteiger partial charge is 0.416 e. The molecule has 0 fully saturated rings. The number of thiazole rings is 1. The lowest BCUT2D eigenvalue weighted by molar-refractivity contribution is -0.137. The summed E-state index contributed by atoms with van der Waals surface area (Å²) in [6.45, 7) is 12.5. The normalized spacial score (nSPS) is 11.2. The summed E-state index contributed by atoms with van der Waals surface area (Å²) in [6, 6.07) is 21.4. The van der Waals surface area contributed by atoms with E-state index in [1.165, 1.54) is 11.3 Å². The van der Waals surface area contributed by atoms with E-state index in [0.29, 0.717) is 13.1 Å². The molecule has 0 unspecified atom stereocenters. The third kappa shape index (κ3) is 9.26. The quantitative estimate of drug-likeness (QED) is 0.139. The lowest BCUT2D eigenvalue weighted by Gasteiger charge is -2.23. The SMILES string of the molecule is C#CC.C=CC(C)(C)Oc1ccc(CCN(Cc2ccc(C(F)(F)F)cc2)c2nc(-c3ccccc3C)cs2)cc1. The molecule has 0 aliphatic rings. The van der Waals surface area contributed by atoms with Crippen molar-refractivity contribution in [1.29, 1.82) is 0 Å². The van der Waals surface area contributed by atoms with Crippen LogP contribution < -0.4 is 9.64 Å². The Bertz CT molecular complexity index is 1450. The van der Waals surface area contributed by atoms with E-state index in [2.05, 4.69) is 36.8 Å². The van der Waals surface area contributed by atoms with Crippen molar-refractivity contribution >= 4 is 16.5 Å². The van der Waals surface area contributed by atoms with Gasteiger partial charge < -0.3 is 9.64 Å². The molecule has 1 heterocycles. The predicted molar refractivity (Wildman–Crippen MR) is 164 cm³/mol. The van der Waals surface area contributed by atoms with Crippen LogP contribution in [0.5, 0.6) is 5.75 Å². The van der Waals surface area contributed by atoms with Crippen LogP contribution in [0, 0.1) is 19.3 Å². The third-order valence-electron chi connectivity index (χ3n) is 6.30. The van der Waals surface area contributed by atoms with Gasteiger partial charge in [-0.25, -0.2) is 4.98 Å². The largest absolute Gasteiger partial charge is 0.484 e. The first-order chi connectivity index (χ1) is 19.5. The van der Waals surface area contributed by atoms with E-state index in [4.69, 9.17) is 9.72 Å². The highest BCUT2D eigenvalue weighted by molar-refractivity contribution is 7.14. The maximum atomic E-state index is 13.1. The highest BCUT2D eigenvalue weighted by Gasteiger charge is 2.30. The standard InChI is InChI=1S/C31H31F3N2OS.C3H4/c1-5-30(3,4)37-26-16-12-23(13-17-26)18-19-36(20-24-10-14-25(15-11-24)31(32,33)34)29-35-28(21-38-29)27-9-7-6-8-22(27)2;1-3-2/h5-17,21H,1,18-20H2,2-4H3;1H,2H3. The van der Waals surface area contributed by atoms with Gasteiger partial charge in [0.15, 0.2) is 5.13 Å². The molecule has 0 spiro atoms. The monoisotopic (exact) mass is 576 g/mol. The van der Waals surface area contributed by atoms with Gasteiger partial charge in [0.1, 0.15) is 11.4 Å². The van der Waals surface area contributed by atoms with Crippen LogP contribution in [0.3, 0.4) is 0 Å². The number of terminal acetylenes is 1. The Morgan fingerprint density at radius 2 is 1.61 bits per heavy atom. The van der Waals surface area contributed by atoms with Gasteiger partial charge in [-0.05, 0) is 81.1 Å². The van der Waals surface area contributed by atoms with Crippen molar-refractivity contribution in [2.45, 2.75) is 52.4 Å². The van der Waals surface area contributed by atoms with Gasteiger partial charge in [0, 0.05) is 24.0 Å². The number of rotatable bonds is 10. The Kier molecular flexibility index (Phi) is 10.8. The molecule has 0 bridgehead atoms. The van der Waals surface area contributed by atoms with E-state index in [0.717, 1.165) is 57.4 Å². The third-order valence-corrected chi connectivity index (χ3v) is 7.21. The van der Waals surface area contributed by atoms with Gasteiger partial charge in [0.05, 0.1) is 11.3 Å². The van der Waals surface area contributed by atoms with Gasteiger partial charge in [-0.3, -0.25) is 0 Å².